The minimum Gasteiger partial charge on any atom is -0.494 e. The summed E-state index contributed by atoms with van der Waals surface area (Å²) in [5.41, 5.74) is 0.696. The van der Waals surface area contributed by atoms with Crippen molar-refractivity contribution in [2.45, 2.75) is 13.8 Å². The number of carbonyl (C=O) groups is 1. The first-order valence-corrected chi connectivity index (χ1v) is 8.23. The maximum Gasteiger partial charge on any atom is 0.253 e. The summed E-state index contributed by atoms with van der Waals surface area (Å²) in [6, 6.07) is 7.34. The summed E-state index contributed by atoms with van der Waals surface area (Å²) >= 11 is 0. The molecule has 1 saturated heterocycles. The molecule has 1 aliphatic rings. The number of nitrogens with zero attached hydrogens (tertiary/aromatic N) is 5. The van der Waals surface area contributed by atoms with Gasteiger partial charge in [0.25, 0.3) is 5.91 Å². The molecule has 2 aromatic rings. The van der Waals surface area contributed by atoms with Gasteiger partial charge in [0.2, 0.25) is 5.95 Å². The summed E-state index contributed by atoms with van der Waals surface area (Å²) < 4.78 is 7.39. The molecule has 2 heterocycles. The van der Waals surface area contributed by atoms with Crippen molar-refractivity contribution in [2.24, 2.45) is 7.05 Å². The molecule has 0 atom stereocenters. The van der Waals surface area contributed by atoms with E-state index < -0.39 is 0 Å². The van der Waals surface area contributed by atoms with Crippen molar-refractivity contribution in [3.63, 3.8) is 0 Å². The molecule has 1 fully saturated rings. The van der Waals surface area contributed by atoms with Gasteiger partial charge in [-0.2, -0.15) is 0 Å². The van der Waals surface area contributed by atoms with Crippen LogP contribution >= 0.6 is 0 Å². The third-order valence-electron chi connectivity index (χ3n) is 4.33. The zero-order valence-corrected chi connectivity index (χ0v) is 14.4. The van der Waals surface area contributed by atoms with Crippen LogP contribution in [0.5, 0.6) is 5.75 Å². The molecule has 1 amide bonds. The van der Waals surface area contributed by atoms with Gasteiger partial charge in [-0.1, -0.05) is 0 Å². The molecule has 1 aromatic carbocycles. The lowest BCUT2D eigenvalue weighted by molar-refractivity contribution is 0.0746. The molecular weight excluding hydrogens is 306 g/mol. The average Bonchev–Trinajstić information content (AvgIpc) is 2.95. The lowest BCUT2D eigenvalue weighted by Crippen LogP contribution is -2.49. The topological polar surface area (TPSA) is 63.5 Å². The Morgan fingerprint density at radius 3 is 2.33 bits per heavy atom. The van der Waals surface area contributed by atoms with Gasteiger partial charge in [-0.15, -0.1) is 10.2 Å². The van der Waals surface area contributed by atoms with E-state index >= 15 is 0 Å². The zero-order chi connectivity index (χ0) is 17.1. The Bertz CT molecular complexity index is 702. The van der Waals surface area contributed by atoms with Crippen LogP contribution in [0.3, 0.4) is 0 Å². The minimum absolute atomic E-state index is 0.0619. The van der Waals surface area contributed by atoms with Crippen LogP contribution in [0.15, 0.2) is 24.3 Å². The van der Waals surface area contributed by atoms with Crippen molar-refractivity contribution in [1.29, 1.82) is 0 Å². The number of hydrogen-bond donors (Lipinski definition) is 0. The van der Waals surface area contributed by atoms with Crippen molar-refractivity contribution in [2.75, 3.05) is 37.7 Å². The van der Waals surface area contributed by atoms with Gasteiger partial charge in [-0.05, 0) is 38.1 Å². The molecule has 7 nitrogen and oxygen atoms in total. The standard InChI is InChI=1S/C17H23N5O2/c1-4-24-15-7-5-14(6-8-15)16(23)21-9-11-22(12-10-21)17-19-18-13(2)20(17)3/h5-8H,4,9-12H2,1-3H3. The second-order valence-corrected chi connectivity index (χ2v) is 5.84. The van der Waals surface area contributed by atoms with Crippen LogP contribution in [0, 0.1) is 6.92 Å². The molecule has 128 valence electrons. The molecule has 1 aromatic heterocycles. The van der Waals surface area contributed by atoms with Crippen molar-refractivity contribution >= 4 is 11.9 Å². The van der Waals surface area contributed by atoms with Crippen molar-refractivity contribution in [3.05, 3.63) is 35.7 Å². The largest absolute Gasteiger partial charge is 0.494 e. The van der Waals surface area contributed by atoms with E-state index in [9.17, 15) is 4.79 Å². The highest BCUT2D eigenvalue weighted by Crippen LogP contribution is 2.17. The van der Waals surface area contributed by atoms with E-state index in [-0.39, 0.29) is 5.91 Å². The van der Waals surface area contributed by atoms with Gasteiger partial charge in [0, 0.05) is 38.8 Å². The van der Waals surface area contributed by atoms with E-state index in [1.165, 1.54) is 0 Å². The number of carbonyl (C=O) groups excluding carboxylic acids is 1. The zero-order valence-electron chi connectivity index (χ0n) is 14.4. The number of hydrogen-bond acceptors (Lipinski definition) is 5. The highest BCUT2D eigenvalue weighted by molar-refractivity contribution is 5.94. The molecule has 0 saturated carbocycles. The minimum atomic E-state index is 0.0619. The van der Waals surface area contributed by atoms with Crippen LogP contribution in [-0.2, 0) is 7.05 Å². The van der Waals surface area contributed by atoms with Gasteiger partial charge < -0.3 is 19.1 Å². The number of rotatable bonds is 4. The van der Waals surface area contributed by atoms with E-state index in [0.717, 1.165) is 30.6 Å². The Hall–Kier alpha value is -2.57. The number of amides is 1. The van der Waals surface area contributed by atoms with E-state index in [1.54, 1.807) is 0 Å². The lowest BCUT2D eigenvalue weighted by Gasteiger charge is -2.35. The number of anilines is 1. The molecule has 3 rings (SSSR count). The van der Waals surface area contributed by atoms with E-state index in [4.69, 9.17) is 4.74 Å². The first-order valence-electron chi connectivity index (χ1n) is 8.23. The Kier molecular flexibility index (Phi) is 4.69. The quantitative estimate of drug-likeness (QED) is 0.850. The van der Waals surface area contributed by atoms with E-state index in [2.05, 4.69) is 15.1 Å². The van der Waals surface area contributed by atoms with Crippen LogP contribution in [0.25, 0.3) is 0 Å². The van der Waals surface area contributed by atoms with E-state index in [0.29, 0.717) is 25.3 Å². The number of aromatic nitrogens is 3. The molecule has 0 aliphatic carbocycles. The fourth-order valence-electron chi connectivity index (χ4n) is 2.82. The third-order valence-corrected chi connectivity index (χ3v) is 4.33. The number of ether oxygens (including phenoxy) is 1. The average molecular weight is 329 g/mol. The van der Waals surface area contributed by atoms with Gasteiger partial charge in [0.15, 0.2) is 0 Å². The van der Waals surface area contributed by atoms with Gasteiger partial charge in [-0.3, -0.25) is 4.79 Å². The SMILES string of the molecule is CCOc1ccc(C(=O)N2CCN(c3nnc(C)n3C)CC2)cc1. The summed E-state index contributed by atoms with van der Waals surface area (Å²) in [5.74, 6) is 2.60. The molecule has 1 aliphatic heterocycles. The predicted molar refractivity (Wildman–Crippen MR) is 91.5 cm³/mol. The molecule has 0 N–H and O–H groups in total. The second kappa shape index (κ2) is 6.90. The highest BCUT2D eigenvalue weighted by Gasteiger charge is 2.24. The fraction of sp³-hybridized carbons (Fsp3) is 0.471. The monoisotopic (exact) mass is 329 g/mol. The van der Waals surface area contributed by atoms with Gasteiger partial charge in [0.05, 0.1) is 6.61 Å². The summed E-state index contributed by atoms with van der Waals surface area (Å²) in [6.45, 7) is 7.37. The molecule has 24 heavy (non-hydrogen) atoms. The summed E-state index contributed by atoms with van der Waals surface area (Å²) in [6.07, 6.45) is 0. The Balaban J connectivity index is 1.61. The first kappa shape index (κ1) is 16.3. The molecule has 0 unspecified atom stereocenters. The van der Waals surface area contributed by atoms with Crippen molar-refractivity contribution in [3.8, 4) is 5.75 Å². The predicted octanol–water partition coefficient (Wildman–Crippen LogP) is 1.48. The maximum absolute atomic E-state index is 12.6. The third kappa shape index (κ3) is 3.20. The van der Waals surface area contributed by atoms with Crippen molar-refractivity contribution in [1.82, 2.24) is 19.7 Å². The molecular formula is C17H23N5O2. The maximum atomic E-state index is 12.6. The number of piperazine rings is 1. The molecule has 0 bridgehead atoms. The van der Waals surface area contributed by atoms with E-state index in [1.807, 2.05) is 54.6 Å². The Morgan fingerprint density at radius 1 is 1.12 bits per heavy atom. The first-order chi connectivity index (χ1) is 11.6. The van der Waals surface area contributed by atoms with Gasteiger partial charge in [-0.25, -0.2) is 0 Å². The van der Waals surface area contributed by atoms with Gasteiger partial charge in [0.1, 0.15) is 11.6 Å². The fourth-order valence-corrected chi connectivity index (χ4v) is 2.82. The Morgan fingerprint density at radius 2 is 1.79 bits per heavy atom. The van der Waals surface area contributed by atoms with Crippen LogP contribution < -0.4 is 9.64 Å². The smallest absolute Gasteiger partial charge is 0.253 e. The second-order valence-electron chi connectivity index (χ2n) is 5.84. The Labute approximate surface area is 141 Å². The molecule has 0 spiro atoms. The summed E-state index contributed by atoms with van der Waals surface area (Å²) in [7, 11) is 1.96. The number of benzene rings is 1. The van der Waals surface area contributed by atoms with Crippen LogP contribution in [0.1, 0.15) is 23.1 Å². The van der Waals surface area contributed by atoms with Crippen LogP contribution in [-0.4, -0.2) is 58.4 Å². The molecule has 0 radical (unpaired) electrons. The lowest BCUT2D eigenvalue weighted by atomic mass is 10.1. The normalized spacial score (nSPS) is 14.8. The van der Waals surface area contributed by atoms with Crippen molar-refractivity contribution < 1.29 is 9.53 Å². The highest BCUT2D eigenvalue weighted by atomic mass is 16.5. The van der Waals surface area contributed by atoms with Crippen LogP contribution in [0.2, 0.25) is 0 Å². The summed E-state index contributed by atoms with van der Waals surface area (Å²) in [5, 5.41) is 8.31. The van der Waals surface area contributed by atoms with Gasteiger partial charge >= 0.3 is 0 Å². The number of aryl methyl sites for hydroxylation is 1. The van der Waals surface area contributed by atoms with Crippen LogP contribution in [0.4, 0.5) is 5.95 Å². The summed E-state index contributed by atoms with van der Waals surface area (Å²) in [4.78, 5) is 16.7. The molecule has 7 heteroatoms.